The third kappa shape index (κ3) is 4.75. The van der Waals surface area contributed by atoms with Crippen LogP contribution < -0.4 is 0 Å². The molecule has 10 heavy (non-hydrogen) atoms. The smallest absolute Gasteiger partial charge is 0.336 e. The summed E-state index contributed by atoms with van der Waals surface area (Å²) in [6, 6.07) is 0. The van der Waals surface area contributed by atoms with Gasteiger partial charge in [-0.2, -0.15) is 0 Å². The number of hydrogen-bond acceptors (Lipinski definition) is 3. The SMILES string of the molecule is C=C(C)C(=O)OC(C)(O)I. The van der Waals surface area contributed by atoms with Gasteiger partial charge in [-0.3, -0.25) is 0 Å². The van der Waals surface area contributed by atoms with Crippen LogP contribution in [0.2, 0.25) is 0 Å². The molecule has 0 aliphatic heterocycles. The molecule has 0 spiro atoms. The molecule has 0 saturated carbocycles. The molecule has 0 aromatic heterocycles. The van der Waals surface area contributed by atoms with Crippen LogP contribution in [0.1, 0.15) is 13.8 Å². The van der Waals surface area contributed by atoms with Crippen molar-refractivity contribution in [1.82, 2.24) is 0 Å². The number of carbonyl (C=O) groups excluding carboxylic acids is 1. The zero-order valence-electron chi connectivity index (χ0n) is 5.85. The molecule has 0 aliphatic rings. The molecule has 1 unspecified atom stereocenters. The number of halogens is 1. The van der Waals surface area contributed by atoms with Gasteiger partial charge >= 0.3 is 5.97 Å². The molecule has 0 amide bonds. The number of rotatable bonds is 2. The topological polar surface area (TPSA) is 46.5 Å². The van der Waals surface area contributed by atoms with Gasteiger partial charge < -0.3 is 9.84 Å². The van der Waals surface area contributed by atoms with E-state index < -0.39 is 9.76 Å². The lowest BCUT2D eigenvalue weighted by molar-refractivity contribution is -0.163. The van der Waals surface area contributed by atoms with E-state index in [0.29, 0.717) is 0 Å². The molecule has 1 atom stereocenters. The van der Waals surface area contributed by atoms with Crippen LogP contribution >= 0.6 is 22.6 Å². The number of hydrogen-bond donors (Lipinski definition) is 1. The van der Waals surface area contributed by atoms with Crippen LogP contribution in [0.25, 0.3) is 0 Å². The van der Waals surface area contributed by atoms with E-state index in [2.05, 4.69) is 11.3 Å². The predicted octanol–water partition coefficient (Wildman–Crippen LogP) is 1.21. The fourth-order valence-corrected chi connectivity index (χ4v) is 0.456. The maximum Gasteiger partial charge on any atom is 0.336 e. The number of carbonyl (C=O) groups is 1. The summed E-state index contributed by atoms with van der Waals surface area (Å²) < 4.78 is 3.07. The van der Waals surface area contributed by atoms with E-state index in [9.17, 15) is 4.79 Å². The molecular formula is C6H9IO3. The van der Waals surface area contributed by atoms with Crippen LogP contribution in [0, 0.1) is 0 Å². The standard InChI is InChI=1S/C6H9IO3/c1-4(2)5(8)10-6(3,7)9/h9H,1H2,2-3H3. The van der Waals surface area contributed by atoms with Gasteiger partial charge in [0.05, 0.1) is 0 Å². The summed E-state index contributed by atoms with van der Waals surface area (Å²) in [5, 5.41) is 8.94. The molecule has 3 nitrogen and oxygen atoms in total. The van der Waals surface area contributed by atoms with Crippen molar-refractivity contribution in [1.29, 1.82) is 0 Å². The molecule has 0 rings (SSSR count). The zero-order chi connectivity index (χ0) is 8.36. The van der Waals surface area contributed by atoms with Crippen molar-refractivity contribution in [3.05, 3.63) is 12.2 Å². The monoisotopic (exact) mass is 256 g/mol. The summed E-state index contributed by atoms with van der Waals surface area (Å²) in [6.45, 7) is 6.24. The minimum atomic E-state index is -1.44. The molecule has 0 fully saturated rings. The van der Waals surface area contributed by atoms with Crippen molar-refractivity contribution in [3.63, 3.8) is 0 Å². The average Bonchev–Trinajstić information content (AvgIpc) is 1.60. The van der Waals surface area contributed by atoms with Crippen LogP contribution in [0.4, 0.5) is 0 Å². The average molecular weight is 256 g/mol. The predicted molar refractivity (Wildman–Crippen MR) is 45.5 cm³/mol. The Hall–Kier alpha value is -0.100. The van der Waals surface area contributed by atoms with Gasteiger partial charge in [0.15, 0.2) is 0 Å². The number of esters is 1. The first-order chi connectivity index (χ1) is 4.33. The highest BCUT2D eigenvalue weighted by molar-refractivity contribution is 14.1. The van der Waals surface area contributed by atoms with Gasteiger partial charge in [-0.15, -0.1) is 0 Å². The lowest BCUT2D eigenvalue weighted by Crippen LogP contribution is -2.23. The first-order valence-corrected chi connectivity index (χ1v) is 3.71. The fourth-order valence-electron chi connectivity index (χ4n) is 0.256. The molecule has 0 aromatic carbocycles. The molecule has 0 bridgehead atoms. The second-order valence-electron chi connectivity index (χ2n) is 2.04. The van der Waals surface area contributed by atoms with Crippen LogP contribution in [0.3, 0.4) is 0 Å². The third-order valence-corrected chi connectivity index (χ3v) is 0.848. The maximum absolute atomic E-state index is 10.7. The second-order valence-corrected chi connectivity index (χ2v) is 4.04. The van der Waals surface area contributed by atoms with E-state index in [1.54, 1.807) is 22.6 Å². The van der Waals surface area contributed by atoms with Gasteiger partial charge in [-0.25, -0.2) is 4.79 Å². The largest absolute Gasteiger partial charge is 0.421 e. The van der Waals surface area contributed by atoms with Gasteiger partial charge in [-0.05, 0) is 6.92 Å². The van der Waals surface area contributed by atoms with E-state index >= 15 is 0 Å². The minimum Gasteiger partial charge on any atom is -0.421 e. The highest BCUT2D eigenvalue weighted by Crippen LogP contribution is 2.16. The van der Waals surface area contributed by atoms with Crippen LogP contribution in [0.15, 0.2) is 12.2 Å². The molecule has 58 valence electrons. The van der Waals surface area contributed by atoms with Gasteiger partial charge in [0.2, 0.25) is 0 Å². The summed E-state index contributed by atoms with van der Waals surface area (Å²) in [7, 11) is 0. The molecule has 4 heteroatoms. The van der Waals surface area contributed by atoms with E-state index in [1.165, 1.54) is 13.8 Å². The summed E-state index contributed by atoms with van der Waals surface area (Å²) in [6.07, 6.45) is 0. The van der Waals surface area contributed by atoms with Gasteiger partial charge in [0.1, 0.15) is 0 Å². The van der Waals surface area contributed by atoms with E-state index in [0.717, 1.165) is 0 Å². The number of aliphatic hydroxyl groups is 1. The summed E-state index contributed by atoms with van der Waals surface area (Å²) >= 11 is 1.60. The van der Waals surface area contributed by atoms with Crippen molar-refractivity contribution in [3.8, 4) is 0 Å². The normalized spacial score (nSPS) is 15.6. The highest BCUT2D eigenvalue weighted by Gasteiger charge is 2.20. The minimum absolute atomic E-state index is 0.275. The molecular weight excluding hydrogens is 247 g/mol. The lowest BCUT2D eigenvalue weighted by atomic mass is 10.4. The van der Waals surface area contributed by atoms with Crippen LogP contribution in [-0.2, 0) is 9.53 Å². The Morgan fingerprint density at radius 1 is 1.80 bits per heavy atom. The molecule has 0 radical (unpaired) electrons. The van der Waals surface area contributed by atoms with E-state index in [-0.39, 0.29) is 5.57 Å². The van der Waals surface area contributed by atoms with Crippen molar-refractivity contribution in [2.75, 3.05) is 0 Å². The Morgan fingerprint density at radius 3 is 2.30 bits per heavy atom. The van der Waals surface area contributed by atoms with Crippen LogP contribution in [0.5, 0.6) is 0 Å². The van der Waals surface area contributed by atoms with Crippen molar-refractivity contribution < 1.29 is 14.6 Å². The van der Waals surface area contributed by atoms with Crippen molar-refractivity contribution >= 4 is 28.6 Å². The number of ether oxygens (including phenoxy) is 1. The molecule has 0 saturated heterocycles. The molecule has 0 aliphatic carbocycles. The Labute approximate surface area is 73.2 Å². The first kappa shape index (κ1) is 9.90. The Morgan fingerprint density at radius 2 is 2.20 bits per heavy atom. The molecule has 0 aromatic rings. The van der Waals surface area contributed by atoms with Gasteiger partial charge in [0, 0.05) is 35.1 Å². The number of alkyl halides is 1. The maximum atomic E-state index is 10.7. The Kier molecular flexibility index (Phi) is 3.30. The zero-order valence-corrected chi connectivity index (χ0v) is 8.01. The third-order valence-electron chi connectivity index (χ3n) is 0.627. The summed E-state index contributed by atoms with van der Waals surface area (Å²) in [5.41, 5.74) is 0.275. The quantitative estimate of drug-likeness (QED) is 0.265. The molecule has 0 heterocycles. The fraction of sp³-hybridized carbons (Fsp3) is 0.500. The van der Waals surface area contributed by atoms with Crippen LogP contribution in [-0.4, -0.2) is 14.9 Å². The van der Waals surface area contributed by atoms with E-state index in [4.69, 9.17) is 5.11 Å². The lowest BCUT2D eigenvalue weighted by Gasteiger charge is -2.15. The van der Waals surface area contributed by atoms with Gasteiger partial charge in [-0.1, -0.05) is 6.58 Å². The summed E-state index contributed by atoms with van der Waals surface area (Å²) in [4.78, 5) is 10.7. The van der Waals surface area contributed by atoms with Crippen molar-refractivity contribution in [2.45, 2.75) is 17.6 Å². The first-order valence-electron chi connectivity index (χ1n) is 2.63. The highest BCUT2D eigenvalue weighted by atomic mass is 127. The molecule has 1 N–H and O–H groups in total. The Balaban J connectivity index is 3.93. The van der Waals surface area contributed by atoms with Gasteiger partial charge in [0.25, 0.3) is 3.79 Å². The summed E-state index contributed by atoms with van der Waals surface area (Å²) in [5.74, 6) is -0.584. The van der Waals surface area contributed by atoms with Crippen molar-refractivity contribution in [2.24, 2.45) is 0 Å². The van der Waals surface area contributed by atoms with E-state index in [1.807, 2.05) is 0 Å². The second kappa shape index (κ2) is 3.34. The Bertz CT molecular complexity index is 157.